The van der Waals surface area contributed by atoms with Crippen molar-refractivity contribution in [2.24, 2.45) is 5.41 Å². The molecule has 72 valence electrons. The fraction of sp³-hybridized carbons (Fsp3) is 0.545. The molecule has 0 bridgehead atoms. The van der Waals surface area contributed by atoms with Gasteiger partial charge in [-0.15, -0.1) is 0 Å². The van der Waals surface area contributed by atoms with Crippen LogP contribution in [0.1, 0.15) is 32.1 Å². The van der Waals surface area contributed by atoms with E-state index >= 15 is 0 Å². The summed E-state index contributed by atoms with van der Waals surface area (Å²) in [4.78, 5) is 11.6. The number of furan rings is 1. The second-order valence-corrected chi connectivity index (χ2v) is 4.38. The van der Waals surface area contributed by atoms with Gasteiger partial charge < -0.3 is 4.42 Å². The highest BCUT2D eigenvalue weighted by Crippen LogP contribution is 2.19. The summed E-state index contributed by atoms with van der Waals surface area (Å²) < 4.78 is 5.21. The van der Waals surface area contributed by atoms with E-state index < -0.39 is 0 Å². The Morgan fingerprint density at radius 2 is 2.08 bits per heavy atom. The zero-order valence-electron chi connectivity index (χ0n) is 8.68. The molecule has 0 aliphatic heterocycles. The third-order valence-corrected chi connectivity index (χ3v) is 2.13. The fourth-order valence-electron chi connectivity index (χ4n) is 0.996. The zero-order valence-corrected chi connectivity index (χ0v) is 8.68. The maximum Gasteiger partial charge on any atom is 0.145 e. The van der Waals surface area contributed by atoms with E-state index in [4.69, 9.17) is 4.42 Å². The largest absolute Gasteiger partial charge is 0.469 e. The van der Waals surface area contributed by atoms with Crippen molar-refractivity contribution < 1.29 is 9.21 Å². The molecule has 1 aromatic rings. The highest BCUT2D eigenvalue weighted by Gasteiger charge is 2.22. The molecule has 0 radical (unpaired) electrons. The van der Waals surface area contributed by atoms with Crippen molar-refractivity contribution in [3.63, 3.8) is 0 Å². The van der Waals surface area contributed by atoms with Gasteiger partial charge >= 0.3 is 0 Å². The quantitative estimate of drug-likeness (QED) is 0.700. The zero-order chi connectivity index (χ0) is 10.1. The molecule has 0 aromatic carbocycles. The molecule has 0 unspecified atom stereocenters. The highest BCUT2D eigenvalue weighted by atomic mass is 16.3. The Balaban J connectivity index is 2.71. The predicted molar refractivity (Wildman–Crippen MR) is 51.6 cm³/mol. The third kappa shape index (κ3) is 2.44. The van der Waals surface area contributed by atoms with Crippen molar-refractivity contribution in [2.75, 3.05) is 0 Å². The molecule has 1 aromatic heterocycles. The Labute approximate surface area is 78.9 Å². The molecular weight excluding hydrogens is 164 g/mol. The van der Waals surface area contributed by atoms with Crippen molar-refractivity contribution in [3.05, 3.63) is 23.7 Å². The second-order valence-electron chi connectivity index (χ2n) is 4.38. The lowest BCUT2D eigenvalue weighted by molar-refractivity contribution is -0.125. The van der Waals surface area contributed by atoms with Gasteiger partial charge in [0.1, 0.15) is 11.5 Å². The van der Waals surface area contributed by atoms with E-state index in [1.807, 2.05) is 33.8 Å². The average Bonchev–Trinajstić information content (AvgIpc) is 2.34. The molecule has 2 nitrogen and oxygen atoms in total. The van der Waals surface area contributed by atoms with Gasteiger partial charge in [-0.25, -0.2) is 0 Å². The van der Waals surface area contributed by atoms with Crippen LogP contribution in [0.5, 0.6) is 0 Å². The Kier molecular flexibility index (Phi) is 2.60. The number of Topliss-reactive ketones (excluding diaryl/α,β-unsaturated/α-hetero) is 1. The van der Waals surface area contributed by atoms with Crippen molar-refractivity contribution in [2.45, 2.75) is 34.1 Å². The maximum atomic E-state index is 11.6. The molecule has 0 spiro atoms. The first-order valence-corrected chi connectivity index (χ1v) is 4.47. The van der Waals surface area contributed by atoms with E-state index in [9.17, 15) is 4.79 Å². The smallest absolute Gasteiger partial charge is 0.145 e. The molecule has 0 aliphatic rings. The van der Waals surface area contributed by atoms with Gasteiger partial charge in [-0.2, -0.15) is 0 Å². The van der Waals surface area contributed by atoms with Crippen molar-refractivity contribution in [3.8, 4) is 0 Å². The van der Waals surface area contributed by atoms with Crippen LogP contribution >= 0.6 is 0 Å². The number of aryl methyl sites for hydroxylation is 1. The Bertz CT molecular complexity index is 302. The molecule has 0 atom stereocenters. The lowest BCUT2D eigenvalue weighted by Crippen LogP contribution is -2.22. The summed E-state index contributed by atoms with van der Waals surface area (Å²) in [5, 5.41) is 0. The molecule has 0 saturated carbocycles. The summed E-state index contributed by atoms with van der Waals surface area (Å²) in [5.41, 5.74) is 0.775. The van der Waals surface area contributed by atoms with Gasteiger partial charge in [0, 0.05) is 5.41 Å². The molecule has 0 amide bonds. The van der Waals surface area contributed by atoms with Crippen LogP contribution in [0.4, 0.5) is 0 Å². The van der Waals surface area contributed by atoms with E-state index in [2.05, 4.69) is 0 Å². The molecule has 0 N–H and O–H groups in total. The molecular formula is C11H16O2. The van der Waals surface area contributed by atoms with E-state index in [1.165, 1.54) is 0 Å². The predicted octanol–water partition coefficient (Wildman–Crippen LogP) is 2.75. The molecule has 0 fully saturated rings. The monoisotopic (exact) mass is 180 g/mol. The molecule has 0 saturated heterocycles. The Morgan fingerprint density at radius 3 is 2.46 bits per heavy atom. The molecule has 0 aliphatic carbocycles. The van der Waals surface area contributed by atoms with Gasteiger partial charge in [0.15, 0.2) is 0 Å². The van der Waals surface area contributed by atoms with Crippen LogP contribution < -0.4 is 0 Å². The first-order chi connectivity index (χ1) is 5.91. The van der Waals surface area contributed by atoms with Crippen molar-refractivity contribution in [1.29, 1.82) is 0 Å². The minimum absolute atomic E-state index is 0.213. The van der Waals surface area contributed by atoms with E-state index in [-0.39, 0.29) is 11.2 Å². The summed E-state index contributed by atoms with van der Waals surface area (Å²) in [5.74, 6) is 1.01. The number of carbonyl (C=O) groups excluding carboxylic acids is 1. The Morgan fingerprint density at radius 1 is 1.46 bits per heavy atom. The summed E-state index contributed by atoms with van der Waals surface area (Å²) >= 11 is 0. The van der Waals surface area contributed by atoms with Crippen molar-refractivity contribution in [1.82, 2.24) is 0 Å². The standard InChI is InChI=1S/C11H16O2/c1-8-5-6-13-9(8)7-10(12)11(2,3)4/h5-6H,7H2,1-4H3. The van der Waals surface area contributed by atoms with E-state index in [0.29, 0.717) is 6.42 Å². The fourth-order valence-corrected chi connectivity index (χ4v) is 0.996. The number of ketones is 1. The first kappa shape index (κ1) is 10.0. The number of rotatable bonds is 2. The summed E-state index contributed by atoms with van der Waals surface area (Å²) in [6.45, 7) is 7.73. The number of hydrogen-bond donors (Lipinski definition) is 0. The van der Waals surface area contributed by atoms with Gasteiger partial charge in [-0.3, -0.25) is 4.79 Å². The van der Waals surface area contributed by atoms with Gasteiger partial charge in [0.25, 0.3) is 0 Å². The van der Waals surface area contributed by atoms with Crippen LogP contribution in [0.15, 0.2) is 16.7 Å². The number of hydrogen-bond acceptors (Lipinski definition) is 2. The number of carbonyl (C=O) groups is 1. The van der Waals surface area contributed by atoms with Gasteiger partial charge in [0.05, 0.1) is 12.7 Å². The van der Waals surface area contributed by atoms with Crippen LogP contribution in [-0.4, -0.2) is 5.78 Å². The van der Waals surface area contributed by atoms with Gasteiger partial charge in [0.2, 0.25) is 0 Å². The average molecular weight is 180 g/mol. The maximum absolute atomic E-state index is 11.6. The molecule has 2 heteroatoms. The topological polar surface area (TPSA) is 30.2 Å². The van der Waals surface area contributed by atoms with Gasteiger partial charge in [-0.05, 0) is 18.6 Å². The molecule has 1 rings (SSSR count). The molecule has 1 heterocycles. The first-order valence-electron chi connectivity index (χ1n) is 4.47. The molecule has 13 heavy (non-hydrogen) atoms. The third-order valence-electron chi connectivity index (χ3n) is 2.13. The van der Waals surface area contributed by atoms with Gasteiger partial charge in [-0.1, -0.05) is 20.8 Å². The minimum atomic E-state index is -0.279. The lowest BCUT2D eigenvalue weighted by Gasteiger charge is -2.15. The van der Waals surface area contributed by atoms with E-state index in [0.717, 1.165) is 11.3 Å². The summed E-state index contributed by atoms with van der Waals surface area (Å²) in [6.07, 6.45) is 2.03. The summed E-state index contributed by atoms with van der Waals surface area (Å²) in [6, 6.07) is 1.88. The van der Waals surface area contributed by atoms with Crippen LogP contribution in [0.25, 0.3) is 0 Å². The highest BCUT2D eigenvalue weighted by molar-refractivity contribution is 5.85. The Hall–Kier alpha value is -1.05. The lowest BCUT2D eigenvalue weighted by atomic mass is 9.88. The van der Waals surface area contributed by atoms with Crippen molar-refractivity contribution >= 4 is 5.78 Å². The minimum Gasteiger partial charge on any atom is -0.469 e. The van der Waals surface area contributed by atoms with E-state index in [1.54, 1.807) is 6.26 Å². The summed E-state index contributed by atoms with van der Waals surface area (Å²) in [7, 11) is 0. The van der Waals surface area contributed by atoms with Crippen LogP contribution in [0.2, 0.25) is 0 Å². The van der Waals surface area contributed by atoms with Crippen LogP contribution in [0, 0.1) is 12.3 Å². The van der Waals surface area contributed by atoms with Crippen LogP contribution in [-0.2, 0) is 11.2 Å². The second kappa shape index (κ2) is 3.36. The van der Waals surface area contributed by atoms with Crippen LogP contribution in [0.3, 0.4) is 0 Å². The normalized spacial score (nSPS) is 11.7. The SMILES string of the molecule is Cc1ccoc1CC(=O)C(C)(C)C.